The fraction of sp³-hybridized carbons (Fsp3) is 0.474. The van der Waals surface area contributed by atoms with E-state index in [9.17, 15) is 0 Å². The van der Waals surface area contributed by atoms with Crippen molar-refractivity contribution in [3.8, 4) is 0 Å². The fourth-order valence-electron chi connectivity index (χ4n) is 2.45. The van der Waals surface area contributed by atoms with Gasteiger partial charge in [-0.15, -0.1) is 0 Å². The van der Waals surface area contributed by atoms with E-state index in [1.54, 1.807) is 0 Å². The molecule has 0 bridgehead atoms. The van der Waals surface area contributed by atoms with Crippen molar-refractivity contribution < 1.29 is 0 Å². The monoisotopic (exact) mass is 286 g/mol. The summed E-state index contributed by atoms with van der Waals surface area (Å²) >= 11 is 0. The van der Waals surface area contributed by atoms with Crippen molar-refractivity contribution >= 4 is 0 Å². The van der Waals surface area contributed by atoms with Crippen molar-refractivity contribution in [3.05, 3.63) is 59.7 Å². The van der Waals surface area contributed by atoms with E-state index in [-0.39, 0.29) is 7.43 Å². The third-order valence-electron chi connectivity index (χ3n) is 3.63. The summed E-state index contributed by atoms with van der Waals surface area (Å²) in [5, 5.41) is 3.37. The minimum absolute atomic E-state index is 0. The van der Waals surface area contributed by atoms with Crippen LogP contribution in [-0.4, -0.2) is 37.6 Å². The summed E-state index contributed by atoms with van der Waals surface area (Å²) in [6, 6.07) is 10.3. The molecule has 2 heteroatoms. The Hall–Kier alpha value is -1.38. The highest BCUT2D eigenvalue weighted by atomic mass is 15.2. The summed E-state index contributed by atoms with van der Waals surface area (Å²) in [5.41, 5.74) is 2.83. The van der Waals surface area contributed by atoms with Gasteiger partial charge < -0.3 is 5.32 Å². The summed E-state index contributed by atoms with van der Waals surface area (Å²) in [5.74, 6) is 0. The summed E-state index contributed by atoms with van der Waals surface area (Å²) in [7, 11) is 0. The molecule has 1 N–H and O–H groups in total. The number of rotatable bonds is 2. The topological polar surface area (TPSA) is 15.3 Å². The molecule has 0 radical (unpaired) electrons. The van der Waals surface area contributed by atoms with Crippen LogP contribution in [-0.2, 0) is 0 Å². The van der Waals surface area contributed by atoms with Gasteiger partial charge in [-0.1, -0.05) is 61.5 Å². The number of aryl methyl sites for hydroxylation is 1. The lowest BCUT2D eigenvalue weighted by molar-refractivity contribution is 0.261. The van der Waals surface area contributed by atoms with Gasteiger partial charge in [-0.3, -0.25) is 4.90 Å². The van der Waals surface area contributed by atoms with E-state index in [1.165, 1.54) is 37.1 Å². The molecule has 0 saturated carbocycles. The third kappa shape index (κ3) is 7.26. The van der Waals surface area contributed by atoms with Gasteiger partial charge in [0.25, 0.3) is 0 Å². The standard InChI is InChI=1S/C11H18N2.C7H8.CH4/c1-2-4-11(5-3-1)10-13-8-6-12-7-9-13;1-7-5-3-2-4-6-7;/h2,4-5,12H,1,3,6-10H2;2-6H,1H3;1H4. The van der Waals surface area contributed by atoms with Crippen LogP contribution in [0.25, 0.3) is 0 Å². The first-order chi connectivity index (χ1) is 9.84. The molecule has 1 aliphatic carbocycles. The summed E-state index contributed by atoms with van der Waals surface area (Å²) in [4.78, 5) is 2.53. The maximum Gasteiger partial charge on any atom is 0.0231 e. The predicted molar refractivity (Wildman–Crippen MR) is 93.7 cm³/mol. The molecule has 0 atom stereocenters. The smallest absolute Gasteiger partial charge is 0.0231 e. The summed E-state index contributed by atoms with van der Waals surface area (Å²) < 4.78 is 0. The maximum atomic E-state index is 3.37. The van der Waals surface area contributed by atoms with Gasteiger partial charge in [0.15, 0.2) is 0 Å². The Balaban J connectivity index is 0.000000236. The van der Waals surface area contributed by atoms with E-state index in [0.29, 0.717) is 0 Å². The number of nitrogens with one attached hydrogen (secondary N) is 1. The molecule has 0 unspecified atom stereocenters. The molecule has 1 heterocycles. The molecule has 1 aliphatic heterocycles. The number of nitrogens with zero attached hydrogens (tertiary/aromatic N) is 1. The number of piperazine rings is 1. The van der Waals surface area contributed by atoms with Gasteiger partial charge in [0.2, 0.25) is 0 Å². The SMILES string of the molecule is C.C1=CC(CN2CCNCC2)=CCC1.Cc1ccccc1. The maximum absolute atomic E-state index is 3.37. The first-order valence-electron chi connectivity index (χ1n) is 7.65. The van der Waals surface area contributed by atoms with Crippen molar-refractivity contribution in [2.75, 3.05) is 32.7 Å². The van der Waals surface area contributed by atoms with Crippen LogP contribution in [0.2, 0.25) is 0 Å². The van der Waals surface area contributed by atoms with Gasteiger partial charge >= 0.3 is 0 Å². The second-order valence-corrected chi connectivity index (χ2v) is 5.44. The lowest BCUT2D eigenvalue weighted by atomic mass is 10.1. The van der Waals surface area contributed by atoms with Crippen molar-refractivity contribution in [3.63, 3.8) is 0 Å². The largest absolute Gasteiger partial charge is 0.314 e. The van der Waals surface area contributed by atoms with Gasteiger partial charge in [0, 0.05) is 32.7 Å². The molecule has 116 valence electrons. The average Bonchev–Trinajstić information content (AvgIpc) is 2.51. The van der Waals surface area contributed by atoms with Crippen LogP contribution in [0.4, 0.5) is 0 Å². The van der Waals surface area contributed by atoms with Crippen molar-refractivity contribution in [2.24, 2.45) is 0 Å². The molecule has 2 nitrogen and oxygen atoms in total. The molecule has 1 aromatic rings. The zero-order valence-electron chi connectivity index (χ0n) is 12.5. The molecule has 2 aliphatic rings. The van der Waals surface area contributed by atoms with Crippen LogP contribution in [0.3, 0.4) is 0 Å². The molecule has 0 amide bonds. The predicted octanol–water partition coefficient (Wildman–Crippen LogP) is 3.80. The Labute approximate surface area is 130 Å². The lowest BCUT2D eigenvalue weighted by Gasteiger charge is -2.27. The zero-order chi connectivity index (χ0) is 14.0. The lowest BCUT2D eigenvalue weighted by Crippen LogP contribution is -2.44. The van der Waals surface area contributed by atoms with Gasteiger partial charge in [0.05, 0.1) is 0 Å². The summed E-state index contributed by atoms with van der Waals surface area (Å²) in [6.07, 6.45) is 9.41. The number of hydrogen-bond donors (Lipinski definition) is 1. The highest BCUT2D eigenvalue weighted by molar-refractivity contribution is 5.23. The minimum Gasteiger partial charge on any atom is -0.314 e. The molecule has 0 spiro atoms. The van der Waals surface area contributed by atoms with Crippen LogP contribution in [0.1, 0.15) is 25.8 Å². The normalized spacial score (nSPS) is 18.0. The Morgan fingerprint density at radius 1 is 1.05 bits per heavy atom. The fourth-order valence-corrected chi connectivity index (χ4v) is 2.45. The molecule has 1 saturated heterocycles. The average molecular weight is 286 g/mol. The second kappa shape index (κ2) is 10.4. The van der Waals surface area contributed by atoms with Crippen molar-refractivity contribution in [1.82, 2.24) is 10.2 Å². The first-order valence-corrected chi connectivity index (χ1v) is 7.65. The number of benzene rings is 1. The molecular formula is C19H30N2. The van der Waals surface area contributed by atoms with Gasteiger partial charge in [-0.25, -0.2) is 0 Å². The Bertz CT molecular complexity index is 428. The molecule has 1 fully saturated rings. The molecular weight excluding hydrogens is 256 g/mol. The molecule has 21 heavy (non-hydrogen) atoms. The Morgan fingerprint density at radius 2 is 1.76 bits per heavy atom. The highest BCUT2D eigenvalue weighted by Crippen LogP contribution is 2.11. The first kappa shape index (κ1) is 17.7. The van der Waals surface area contributed by atoms with E-state index in [4.69, 9.17) is 0 Å². The van der Waals surface area contributed by atoms with E-state index < -0.39 is 0 Å². The molecule has 0 aromatic heterocycles. The van der Waals surface area contributed by atoms with Gasteiger partial charge in [-0.05, 0) is 25.3 Å². The minimum atomic E-state index is 0. The van der Waals surface area contributed by atoms with Gasteiger partial charge in [0.1, 0.15) is 0 Å². The third-order valence-corrected chi connectivity index (χ3v) is 3.63. The van der Waals surface area contributed by atoms with Crippen molar-refractivity contribution in [1.29, 1.82) is 0 Å². The van der Waals surface area contributed by atoms with E-state index >= 15 is 0 Å². The Kier molecular flexibility index (Phi) is 8.72. The van der Waals surface area contributed by atoms with Crippen LogP contribution >= 0.6 is 0 Å². The van der Waals surface area contributed by atoms with Crippen LogP contribution in [0.15, 0.2) is 54.1 Å². The molecule has 1 aromatic carbocycles. The zero-order valence-corrected chi connectivity index (χ0v) is 12.5. The quantitative estimate of drug-likeness (QED) is 0.889. The second-order valence-electron chi connectivity index (χ2n) is 5.44. The molecule has 3 rings (SSSR count). The number of hydrogen-bond acceptors (Lipinski definition) is 2. The van der Waals surface area contributed by atoms with Crippen molar-refractivity contribution in [2.45, 2.75) is 27.2 Å². The Morgan fingerprint density at radius 3 is 2.29 bits per heavy atom. The number of allylic oxidation sites excluding steroid dienone is 2. The van der Waals surface area contributed by atoms with Crippen LogP contribution in [0, 0.1) is 6.92 Å². The summed E-state index contributed by atoms with van der Waals surface area (Å²) in [6.45, 7) is 7.93. The van der Waals surface area contributed by atoms with Crippen LogP contribution in [0.5, 0.6) is 0 Å². The van der Waals surface area contributed by atoms with E-state index in [0.717, 1.165) is 19.6 Å². The van der Waals surface area contributed by atoms with Gasteiger partial charge in [-0.2, -0.15) is 0 Å². The highest BCUT2D eigenvalue weighted by Gasteiger charge is 2.10. The van der Waals surface area contributed by atoms with E-state index in [1.807, 2.05) is 18.2 Å². The van der Waals surface area contributed by atoms with Crippen LogP contribution < -0.4 is 5.32 Å². The van der Waals surface area contributed by atoms with E-state index in [2.05, 4.69) is 47.5 Å².